The third kappa shape index (κ3) is 3.17. The molecule has 0 aliphatic rings. The Morgan fingerprint density at radius 2 is 2.00 bits per heavy atom. The molecular weight excluding hydrogens is 258 g/mol. The zero-order chi connectivity index (χ0) is 14.7. The van der Waals surface area contributed by atoms with E-state index in [9.17, 15) is 14.9 Å². The summed E-state index contributed by atoms with van der Waals surface area (Å²) >= 11 is 0. The predicted octanol–water partition coefficient (Wildman–Crippen LogP) is 2.28. The molecule has 20 heavy (non-hydrogen) atoms. The zero-order valence-electron chi connectivity index (χ0n) is 11.1. The average molecular weight is 272 g/mol. The van der Waals surface area contributed by atoms with Gasteiger partial charge in [-0.05, 0) is 31.5 Å². The number of nitrogens with one attached hydrogen (secondary N) is 2. The maximum absolute atomic E-state index is 12.1. The van der Waals surface area contributed by atoms with E-state index in [0.29, 0.717) is 5.82 Å². The normalized spacial score (nSPS) is 10.1. The van der Waals surface area contributed by atoms with E-state index < -0.39 is 10.8 Å². The van der Waals surface area contributed by atoms with Crippen LogP contribution in [0.3, 0.4) is 0 Å². The van der Waals surface area contributed by atoms with Gasteiger partial charge >= 0.3 is 5.91 Å². The van der Waals surface area contributed by atoms with Crippen LogP contribution in [0.4, 0.5) is 11.5 Å². The molecule has 2 N–H and O–H groups in total. The molecule has 0 aliphatic carbocycles. The Hall–Kier alpha value is -2.76. The fourth-order valence-electron chi connectivity index (χ4n) is 1.92. The molecule has 0 unspecified atom stereocenters. The van der Waals surface area contributed by atoms with Gasteiger partial charge in [0.2, 0.25) is 0 Å². The quantitative estimate of drug-likeness (QED) is 0.687. The lowest BCUT2D eigenvalue weighted by Crippen LogP contribution is -2.21. The predicted molar refractivity (Wildman–Crippen MR) is 73.5 cm³/mol. The van der Waals surface area contributed by atoms with E-state index in [1.807, 2.05) is 19.9 Å². The highest BCUT2D eigenvalue weighted by Crippen LogP contribution is 2.14. The van der Waals surface area contributed by atoms with Gasteiger partial charge in [-0.2, -0.15) is 0 Å². The molecule has 0 spiro atoms. The summed E-state index contributed by atoms with van der Waals surface area (Å²) in [5.41, 5.74) is 2.06. The van der Waals surface area contributed by atoms with Gasteiger partial charge in [-0.1, -0.05) is 6.07 Å². The maximum atomic E-state index is 12.1. The Kier molecular flexibility index (Phi) is 3.74. The molecule has 0 aliphatic heterocycles. The molecule has 102 valence electrons. The first-order valence-corrected chi connectivity index (χ1v) is 6.02. The Morgan fingerprint density at radius 3 is 2.65 bits per heavy atom. The van der Waals surface area contributed by atoms with Crippen molar-refractivity contribution < 1.29 is 14.7 Å². The van der Waals surface area contributed by atoms with Gasteiger partial charge in [0.05, 0.1) is 16.2 Å². The summed E-state index contributed by atoms with van der Waals surface area (Å²) in [6.07, 6.45) is 0. The summed E-state index contributed by atoms with van der Waals surface area (Å²) in [6, 6.07) is 9.35. The number of nitro benzene ring substituents is 1. The van der Waals surface area contributed by atoms with Gasteiger partial charge in [-0.3, -0.25) is 10.1 Å². The van der Waals surface area contributed by atoms with Crippen LogP contribution in [-0.4, -0.2) is 10.8 Å². The number of carbonyl (C=O) groups is 1. The Bertz CT molecular complexity index is 663. The molecule has 0 saturated carbocycles. The number of carbonyl (C=O) groups excluding carboxylic acids is 1. The van der Waals surface area contributed by atoms with Crippen molar-refractivity contribution in [1.82, 2.24) is 0 Å². The summed E-state index contributed by atoms with van der Waals surface area (Å²) in [4.78, 5) is 25.2. The summed E-state index contributed by atoms with van der Waals surface area (Å²) < 4.78 is 0. The molecule has 6 nitrogen and oxygen atoms in total. The lowest BCUT2D eigenvalue weighted by atomic mass is 10.2. The maximum Gasteiger partial charge on any atom is 0.339 e. The summed E-state index contributed by atoms with van der Waals surface area (Å²) in [5, 5.41) is 13.4. The van der Waals surface area contributed by atoms with Gasteiger partial charge in [0.25, 0.3) is 11.5 Å². The third-order valence-corrected chi connectivity index (χ3v) is 2.72. The molecule has 2 rings (SSSR count). The van der Waals surface area contributed by atoms with Crippen LogP contribution in [0, 0.1) is 24.0 Å². The molecule has 1 amide bonds. The van der Waals surface area contributed by atoms with E-state index in [1.54, 1.807) is 6.07 Å². The fourth-order valence-corrected chi connectivity index (χ4v) is 1.92. The van der Waals surface area contributed by atoms with Crippen molar-refractivity contribution in [3.8, 4) is 0 Å². The lowest BCUT2D eigenvalue weighted by molar-refractivity contribution is -0.384. The van der Waals surface area contributed by atoms with Gasteiger partial charge in [-0.25, -0.2) is 15.1 Å². The number of pyridine rings is 1. The topological polar surface area (TPSA) is 86.4 Å². The van der Waals surface area contributed by atoms with Gasteiger partial charge in [0.1, 0.15) is 0 Å². The minimum Gasteiger partial charge on any atom is -0.258 e. The van der Waals surface area contributed by atoms with Crippen LogP contribution < -0.4 is 10.3 Å². The van der Waals surface area contributed by atoms with Gasteiger partial charge in [0.15, 0.2) is 0 Å². The number of hydrogen-bond donors (Lipinski definition) is 1. The number of aromatic amines is 1. The Morgan fingerprint density at radius 1 is 1.25 bits per heavy atom. The molecular formula is C14H14N3O3+. The van der Waals surface area contributed by atoms with Crippen molar-refractivity contribution in [2.24, 2.45) is 0 Å². The first kappa shape index (κ1) is 13.7. The van der Waals surface area contributed by atoms with E-state index in [2.05, 4.69) is 10.3 Å². The highest BCUT2D eigenvalue weighted by molar-refractivity contribution is 6.03. The van der Waals surface area contributed by atoms with E-state index in [-0.39, 0.29) is 11.3 Å². The highest BCUT2D eigenvalue weighted by Gasteiger charge is 2.16. The van der Waals surface area contributed by atoms with Crippen LogP contribution in [0.1, 0.15) is 21.6 Å². The number of rotatable bonds is 3. The summed E-state index contributed by atoms with van der Waals surface area (Å²) in [5.74, 6) is 0.161. The minimum absolute atomic E-state index is 0.109. The van der Waals surface area contributed by atoms with E-state index in [1.165, 1.54) is 24.3 Å². The number of nitrogens with zero attached hydrogens (tertiary/aromatic N) is 1. The van der Waals surface area contributed by atoms with Gasteiger partial charge < -0.3 is 0 Å². The second-order valence-corrected chi connectivity index (χ2v) is 4.52. The average Bonchev–Trinajstić information content (AvgIpc) is 2.37. The number of aromatic nitrogens is 1. The number of anilines is 1. The summed E-state index contributed by atoms with van der Waals surface area (Å²) in [6.45, 7) is 3.81. The number of aryl methyl sites for hydroxylation is 2. The molecule has 0 saturated heterocycles. The number of hydrogen-bond acceptors (Lipinski definition) is 3. The van der Waals surface area contributed by atoms with Crippen LogP contribution in [0.5, 0.6) is 0 Å². The molecule has 1 aromatic heterocycles. The van der Waals surface area contributed by atoms with Gasteiger partial charge in [0, 0.05) is 18.2 Å². The third-order valence-electron chi connectivity index (χ3n) is 2.72. The van der Waals surface area contributed by atoms with Crippen molar-refractivity contribution in [3.63, 3.8) is 0 Å². The molecule has 2 aromatic rings. The monoisotopic (exact) mass is 272 g/mol. The van der Waals surface area contributed by atoms with Crippen molar-refractivity contribution in [2.45, 2.75) is 13.8 Å². The molecule has 0 atom stereocenters. The van der Waals surface area contributed by atoms with Crippen molar-refractivity contribution in [3.05, 3.63) is 63.3 Å². The van der Waals surface area contributed by atoms with Crippen LogP contribution in [-0.2, 0) is 0 Å². The molecule has 6 heteroatoms. The lowest BCUT2D eigenvalue weighted by Gasteiger charge is -2.00. The van der Waals surface area contributed by atoms with Gasteiger partial charge in [-0.15, -0.1) is 0 Å². The number of nitro groups is 1. The summed E-state index contributed by atoms with van der Waals surface area (Å²) in [7, 11) is 0. The van der Waals surface area contributed by atoms with Crippen LogP contribution in [0.2, 0.25) is 0 Å². The molecule has 0 fully saturated rings. The molecule has 1 aromatic carbocycles. The minimum atomic E-state index is -0.528. The van der Waals surface area contributed by atoms with E-state index in [0.717, 1.165) is 11.3 Å². The first-order valence-electron chi connectivity index (χ1n) is 6.02. The number of non-ortho nitro benzene ring substituents is 1. The van der Waals surface area contributed by atoms with Crippen molar-refractivity contribution in [2.75, 3.05) is 5.32 Å². The van der Waals surface area contributed by atoms with Crippen LogP contribution >= 0.6 is 0 Å². The second-order valence-electron chi connectivity index (χ2n) is 4.52. The van der Waals surface area contributed by atoms with E-state index in [4.69, 9.17) is 0 Å². The second kappa shape index (κ2) is 5.48. The smallest absolute Gasteiger partial charge is 0.258 e. The SMILES string of the molecule is Cc1cc(C)[nH+]c(NC(=O)c2cccc([N+](=O)[O-])c2)c1. The molecule has 0 radical (unpaired) electrons. The standard InChI is InChI=1S/C14H13N3O3/c1-9-6-10(2)15-13(7-9)16-14(18)11-4-3-5-12(8-11)17(19)20/h3-8H,1-2H3,(H,15,16,18)/p+1. The highest BCUT2D eigenvalue weighted by atomic mass is 16.6. The van der Waals surface area contributed by atoms with Crippen molar-refractivity contribution >= 4 is 17.4 Å². The molecule has 0 bridgehead atoms. The number of benzene rings is 1. The molecule has 1 heterocycles. The number of H-pyrrole nitrogens is 1. The Balaban J connectivity index is 2.23. The van der Waals surface area contributed by atoms with E-state index >= 15 is 0 Å². The van der Waals surface area contributed by atoms with Crippen LogP contribution in [0.25, 0.3) is 0 Å². The fraction of sp³-hybridized carbons (Fsp3) is 0.143. The first-order chi connectivity index (χ1) is 9.45. The number of amides is 1. The van der Waals surface area contributed by atoms with Crippen molar-refractivity contribution in [1.29, 1.82) is 0 Å². The van der Waals surface area contributed by atoms with Crippen LogP contribution in [0.15, 0.2) is 36.4 Å². The largest absolute Gasteiger partial charge is 0.339 e. The zero-order valence-corrected chi connectivity index (χ0v) is 11.1. The Labute approximate surface area is 115 Å².